The Labute approximate surface area is 135 Å². The number of urea groups is 1. The smallest absolute Gasteiger partial charge is 0.325 e. The van der Waals surface area contributed by atoms with Gasteiger partial charge in [-0.3, -0.25) is 10.1 Å². The first-order valence-corrected chi connectivity index (χ1v) is 7.99. The number of thioether (sulfide) groups is 1. The van der Waals surface area contributed by atoms with Crippen LogP contribution < -0.4 is 10.6 Å². The summed E-state index contributed by atoms with van der Waals surface area (Å²) in [7, 11) is 1.33. The van der Waals surface area contributed by atoms with E-state index in [0.29, 0.717) is 15.2 Å². The van der Waals surface area contributed by atoms with Gasteiger partial charge in [-0.05, 0) is 19.1 Å². The maximum Gasteiger partial charge on any atom is 0.325 e. The molecule has 0 radical (unpaired) electrons. The van der Waals surface area contributed by atoms with Crippen molar-refractivity contribution in [1.82, 2.24) is 10.2 Å². The van der Waals surface area contributed by atoms with Crippen molar-refractivity contribution in [2.45, 2.75) is 16.5 Å². The van der Waals surface area contributed by atoms with Crippen molar-refractivity contribution in [3.63, 3.8) is 0 Å². The van der Waals surface area contributed by atoms with E-state index in [9.17, 15) is 9.59 Å². The van der Waals surface area contributed by atoms with Gasteiger partial charge in [0.2, 0.25) is 5.13 Å². The van der Waals surface area contributed by atoms with Gasteiger partial charge in [0.05, 0.1) is 7.11 Å². The molecule has 2 aromatic rings. The monoisotopic (exact) mass is 338 g/mol. The highest BCUT2D eigenvalue weighted by atomic mass is 32.2. The maximum atomic E-state index is 11.8. The fourth-order valence-electron chi connectivity index (χ4n) is 1.45. The summed E-state index contributed by atoms with van der Waals surface area (Å²) in [5, 5.41) is 13.0. The number of aromatic nitrogens is 2. The van der Waals surface area contributed by atoms with Crippen molar-refractivity contribution in [2.24, 2.45) is 0 Å². The van der Waals surface area contributed by atoms with Crippen LogP contribution >= 0.6 is 23.1 Å². The summed E-state index contributed by atoms with van der Waals surface area (Å²) >= 11 is 2.42. The minimum atomic E-state index is -0.403. The molecule has 2 rings (SSSR count). The van der Waals surface area contributed by atoms with Crippen LogP contribution in [0.15, 0.2) is 34.7 Å². The predicted molar refractivity (Wildman–Crippen MR) is 86.3 cm³/mol. The molecule has 0 unspecified atom stereocenters. The standard InChI is InChI=1S/C13H14N4O3S2/c1-8(10(18)20-2)21-13-17-16-12(22-13)15-11(19)14-9-6-4-3-5-7-9/h3-8H,1-2H3,(H2,14,15,16,19)/t8-/m0/s1. The van der Waals surface area contributed by atoms with Crippen LogP contribution in [-0.4, -0.2) is 34.6 Å². The molecule has 116 valence electrons. The topological polar surface area (TPSA) is 93.2 Å². The van der Waals surface area contributed by atoms with Crippen molar-refractivity contribution in [2.75, 3.05) is 17.7 Å². The van der Waals surface area contributed by atoms with Gasteiger partial charge in [-0.25, -0.2) is 4.79 Å². The van der Waals surface area contributed by atoms with Crippen molar-refractivity contribution < 1.29 is 14.3 Å². The maximum absolute atomic E-state index is 11.8. The van der Waals surface area contributed by atoms with Gasteiger partial charge in [0.1, 0.15) is 5.25 Å². The second kappa shape index (κ2) is 7.76. The zero-order valence-corrected chi connectivity index (χ0v) is 13.5. The number of carbonyl (C=O) groups excluding carboxylic acids is 2. The molecule has 2 N–H and O–H groups in total. The number of rotatable bonds is 5. The Morgan fingerprint density at radius 3 is 2.64 bits per heavy atom. The van der Waals surface area contributed by atoms with E-state index in [0.717, 1.165) is 0 Å². The van der Waals surface area contributed by atoms with Crippen molar-refractivity contribution in [3.8, 4) is 0 Å². The quantitative estimate of drug-likeness (QED) is 0.495. The summed E-state index contributed by atoms with van der Waals surface area (Å²) in [6.07, 6.45) is 0. The average Bonchev–Trinajstić information content (AvgIpc) is 2.94. The number of hydrogen-bond donors (Lipinski definition) is 2. The van der Waals surface area contributed by atoms with Gasteiger partial charge in [-0.1, -0.05) is 41.3 Å². The number of para-hydroxylation sites is 1. The summed E-state index contributed by atoms with van der Waals surface area (Å²) in [5.41, 5.74) is 0.679. The van der Waals surface area contributed by atoms with E-state index in [2.05, 4.69) is 25.6 Å². The summed E-state index contributed by atoms with van der Waals surface area (Å²) in [5.74, 6) is -0.337. The number of nitrogens with zero attached hydrogens (tertiary/aromatic N) is 2. The molecular formula is C13H14N4O3S2. The van der Waals surface area contributed by atoms with E-state index < -0.39 is 6.03 Å². The molecule has 1 aromatic heterocycles. The first-order valence-electron chi connectivity index (χ1n) is 6.29. The number of anilines is 2. The Bertz CT molecular complexity index is 648. The largest absolute Gasteiger partial charge is 0.468 e. The lowest BCUT2D eigenvalue weighted by atomic mass is 10.3. The van der Waals surface area contributed by atoms with Crippen LogP contribution in [0.4, 0.5) is 15.6 Å². The second-order valence-corrected chi connectivity index (χ2v) is 6.67. The van der Waals surface area contributed by atoms with Gasteiger partial charge < -0.3 is 10.1 Å². The summed E-state index contributed by atoms with van der Waals surface area (Å²) in [6.45, 7) is 1.72. The molecule has 0 aliphatic heterocycles. The molecule has 22 heavy (non-hydrogen) atoms. The van der Waals surface area contributed by atoms with Gasteiger partial charge in [0, 0.05) is 5.69 Å². The Balaban J connectivity index is 1.89. The van der Waals surface area contributed by atoms with Gasteiger partial charge in [-0.15, -0.1) is 10.2 Å². The Morgan fingerprint density at radius 1 is 1.23 bits per heavy atom. The second-order valence-electron chi connectivity index (χ2n) is 4.10. The molecular weight excluding hydrogens is 324 g/mol. The molecule has 2 amide bonds. The van der Waals surface area contributed by atoms with E-state index in [1.807, 2.05) is 18.2 Å². The molecule has 0 aliphatic rings. The lowest BCUT2D eigenvalue weighted by Crippen LogP contribution is -2.19. The number of nitrogens with one attached hydrogen (secondary N) is 2. The van der Waals surface area contributed by atoms with Gasteiger partial charge in [0.25, 0.3) is 0 Å². The lowest BCUT2D eigenvalue weighted by molar-refractivity contribution is -0.139. The summed E-state index contributed by atoms with van der Waals surface area (Å²) < 4.78 is 5.22. The van der Waals surface area contributed by atoms with Gasteiger partial charge >= 0.3 is 12.0 Å². The van der Waals surface area contributed by atoms with Crippen molar-refractivity contribution in [1.29, 1.82) is 0 Å². The minimum Gasteiger partial charge on any atom is -0.468 e. The molecule has 1 heterocycles. The highest BCUT2D eigenvalue weighted by Crippen LogP contribution is 2.29. The van der Waals surface area contributed by atoms with E-state index in [1.54, 1.807) is 19.1 Å². The summed E-state index contributed by atoms with van der Waals surface area (Å²) in [6, 6.07) is 8.66. The van der Waals surface area contributed by atoms with E-state index >= 15 is 0 Å². The number of carbonyl (C=O) groups is 2. The number of esters is 1. The van der Waals surface area contributed by atoms with Crippen molar-refractivity contribution in [3.05, 3.63) is 30.3 Å². The molecule has 0 saturated heterocycles. The first kappa shape index (κ1) is 16.2. The molecule has 7 nitrogen and oxygen atoms in total. The van der Waals surface area contributed by atoms with Crippen LogP contribution in [0.25, 0.3) is 0 Å². The van der Waals surface area contributed by atoms with Gasteiger partial charge in [0.15, 0.2) is 4.34 Å². The number of methoxy groups -OCH3 is 1. The Hall–Kier alpha value is -2.13. The van der Waals surface area contributed by atoms with Crippen LogP contribution in [-0.2, 0) is 9.53 Å². The SMILES string of the molecule is COC(=O)[C@H](C)Sc1nnc(NC(=O)Nc2ccccc2)s1. The molecule has 9 heteroatoms. The molecule has 0 saturated carbocycles. The molecule has 0 spiro atoms. The Morgan fingerprint density at radius 2 is 1.95 bits per heavy atom. The minimum absolute atomic E-state index is 0.337. The van der Waals surface area contributed by atoms with Crippen molar-refractivity contribution >= 4 is 45.9 Å². The lowest BCUT2D eigenvalue weighted by Gasteiger charge is -2.05. The van der Waals surface area contributed by atoms with Crippen LogP contribution in [0.5, 0.6) is 0 Å². The van der Waals surface area contributed by atoms with E-state index in [1.165, 1.54) is 30.2 Å². The highest BCUT2D eigenvalue weighted by Gasteiger charge is 2.17. The van der Waals surface area contributed by atoms with Crippen LogP contribution in [0.3, 0.4) is 0 Å². The number of amides is 2. The molecule has 0 aliphatic carbocycles. The van der Waals surface area contributed by atoms with Crippen LogP contribution in [0, 0.1) is 0 Å². The van der Waals surface area contributed by atoms with E-state index in [-0.39, 0.29) is 11.2 Å². The number of hydrogen-bond acceptors (Lipinski definition) is 7. The van der Waals surface area contributed by atoms with Crippen LogP contribution in [0.2, 0.25) is 0 Å². The third-order valence-electron chi connectivity index (χ3n) is 2.47. The Kier molecular flexibility index (Phi) is 5.73. The first-order chi connectivity index (χ1) is 10.6. The fraction of sp³-hybridized carbons (Fsp3) is 0.231. The normalized spacial score (nSPS) is 11.5. The van der Waals surface area contributed by atoms with E-state index in [4.69, 9.17) is 0 Å². The average molecular weight is 338 g/mol. The zero-order valence-electron chi connectivity index (χ0n) is 11.9. The predicted octanol–water partition coefficient (Wildman–Crippen LogP) is 2.84. The number of benzene rings is 1. The fourth-order valence-corrected chi connectivity index (χ4v) is 3.37. The molecule has 0 bridgehead atoms. The molecule has 1 aromatic carbocycles. The summed E-state index contributed by atoms with van der Waals surface area (Å²) in [4.78, 5) is 23.1. The third-order valence-corrected chi connectivity index (χ3v) is 4.47. The molecule has 1 atom stereocenters. The molecule has 0 fully saturated rings. The highest BCUT2D eigenvalue weighted by molar-refractivity contribution is 8.02. The zero-order chi connectivity index (χ0) is 15.9. The number of ether oxygens (including phenoxy) is 1. The van der Waals surface area contributed by atoms with Crippen LogP contribution in [0.1, 0.15) is 6.92 Å². The van der Waals surface area contributed by atoms with Gasteiger partial charge in [-0.2, -0.15) is 0 Å². The third kappa shape index (κ3) is 4.71.